The zero-order chi connectivity index (χ0) is 20.1. The van der Waals surface area contributed by atoms with Crippen molar-refractivity contribution in [3.05, 3.63) is 53.6 Å². The van der Waals surface area contributed by atoms with E-state index in [0.29, 0.717) is 18.5 Å². The van der Waals surface area contributed by atoms with Crippen molar-refractivity contribution in [1.82, 2.24) is 4.90 Å². The van der Waals surface area contributed by atoms with Crippen LogP contribution in [0, 0.1) is 0 Å². The smallest absolute Gasteiger partial charge is 0.425 e. The van der Waals surface area contributed by atoms with Crippen molar-refractivity contribution in [2.75, 3.05) is 19.7 Å². The maximum absolute atomic E-state index is 13.8. The second kappa shape index (κ2) is 6.49. The Kier molecular flexibility index (Phi) is 4.35. The molecule has 2 aliphatic rings. The topological polar surface area (TPSA) is 70.0 Å². The number of β-amino-alcohol motifs (C(OH)–C–C–N with tert-alkyl or cyclic N) is 1. The summed E-state index contributed by atoms with van der Waals surface area (Å²) in [6.07, 6.45) is -5.00. The van der Waals surface area contributed by atoms with Gasteiger partial charge in [0, 0.05) is 24.2 Å². The van der Waals surface area contributed by atoms with Gasteiger partial charge >= 0.3 is 6.18 Å². The first-order valence-corrected chi connectivity index (χ1v) is 8.84. The minimum atomic E-state index is -4.92. The summed E-state index contributed by atoms with van der Waals surface area (Å²) < 4.78 is 46.8. The lowest BCUT2D eigenvalue weighted by molar-refractivity contribution is -0.246. The van der Waals surface area contributed by atoms with Crippen molar-refractivity contribution < 1.29 is 32.9 Å². The maximum atomic E-state index is 13.8. The van der Waals surface area contributed by atoms with Gasteiger partial charge in [-0.1, -0.05) is 30.3 Å². The van der Waals surface area contributed by atoms with Crippen LogP contribution in [-0.2, 0) is 10.4 Å². The number of rotatable bonds is 3. The van der Waals surface area contributed by atoms with Gasteiger partial charge in [0.2, 0.25) is 5.60 Å². The van der Waals surface area contributed by atoms with E-state index in [9.17, 15) is 28.2 Å². The summed E-state index contributed by atoms with van der Waals surface area (Å²) in [7, 11) is 0. The number of amides is 1. The molecular weight excluding hydrogens is 375 g/mol. The molecule has 1 aliphatic carbocycles. The summed E-state index contributed by atoms with van der Waals surface area (Å²) in [6, 6.07) is 9.91. The first-order valence-electron chi connectivity index (χ1n) is 8.84. The van der Waals surface area contributed by atoms with E-state index in [1.165, 1.54) is 35.2 Å². The Balaban J connectivity index is 1.62. The van der Waals surface area contributed by atoms with Gasteiger partial charge in [-0.15, -0.1) is 0 Å². The molecule has 8 heteroatoms. The first kappa shape index (κ1) is 18.8. The molecule has 1 amide bonds. The molecule has 2 N–H and O–H groups in total. The molecule has 0 spiro atoms. The van der Waals surface area contributed by atoms with Crippen LogP contribution in [0.25, 0.3) is 11.1 Å². The predicted molar refractivity (Wildman–Crippen MR) is 93.6 cm³/mol. The molecule has 1 unspecified atom stereocenters. The van der Waals surface area contributed by atoms with E-state index in [4.69, 9.17) is 4.74 Å². The third-order valence-electron chi connectivity index (χ3n) is 5.28. The summed E-state index contributed by atoms with van der Waals surface area (Å²) in [5.41, 5.74) is -3.09. The zero-order valence-corrected chi connectivity index (χ0v) is 14.7. The molecule has 28 heavy (non-hydrogen) atoms. The first-order chi connectivity index (χ1) is 13.2. The van der Waals surface area contributed by atoms with Gasteiger partial charge in [-0.25, -0.2) is 0 Å². The van der Waals surface area contributed by atoms with Gasteiger partial charge < -0.3 is 19.8 Å². The number of hydrogen-bond donors (Lipinski definition) is 2. The summed E-state index contributed by atoms with van der Waals surface area (Å²) in [4.78, 5) is 13.6. The van der Waals surface area contributed by atoms with Gasteiger partial charge in [-0.2, -0.15) is 13.2 Å². The van der Waals surface area contributed by atoms with E-state index in [1.54, 1.807) is 6.07 Å². The number of halogens is 3. The van der Waals surface area contributed by atoms with E-state index in [1.807, 2.05) is 0 Å². The SMILES string of the molecule is O=C(COc1ccc2c(c1)C(O)(C(F)(F)F)c1ccccc1-2)N1CC[C@H](O)C1. The Hall–Kier alpha value is -2.58. The van der Waals surface area contributed by atoms with Crippen molar-refractivity contribution in [3.63, 3.8) is 0 Å². The van der Waals surface area contributed by atoms with Gasteiger partial charge in [-0.3, -0.25) is 4.79 Å². The average Bonchev–Trinajstić information content (AvgIpc) is 3.20. The van der Waals surface area contributed by atoms with Gasteiger partial charge in [-0.05, 0) is 29.7 Å². The number of ether oxygens (including phenoxy) is 1. The van der Waals surface area contributed by atoms with E-state index in [-0.39, 0.29) is 41.5 Å². The van der Waals surface area contributed by atoms with E-state index >= 15 is 0 Å². The second-order valence-electron chi connectivity index (χ2n) is 7.03. The largest absolute Gasteiger partial charge is 0.484 e. The van der Waals surface area contributed by atoms with Crippen LogP contribution in [0.4, 0.5) is 13.2 Å². The van der Waals surface area contributed by atoms with Crippen LogP contribution in [0.3, 0.4) is 0 Å². The summed E-state index contributed by atoms with van der Waals surface area (Å²) in [5, 5.41) is 20.1. The van der Waals surface area contributed by atoms with Crippen LogP contribution in [0.1, 0.15) is 17.5 Å². The number of likely N-dealkylation sites (tertiary alicyclic amines) is 1. The van der Waals surface area contributed by atoms with Crippen molar-refractivity contribution in [2.45, 2.75) is 24.3 Å². The number of aliphatic hydroxyl groups excluding tert-OH is 1. The second-order valence-corrected chi connectivity index (χ2v) is 7.03. The molecule has 0 aromatic heterocycles. The molecule has 4 rings (SSSR count). The van der Waals surface area contributed by atoms with Crippen molar-refractivity contribution >= 4 is 5.91 Å². The molecule has 1 saturated heterocycles. The molecule has 148 valence electrons. The van der Waals surface area contributed by atoms with Crippen LogP contribution >= 0.6 is 0 Å². The van der Waals surface area contributed by atoms with E-state index in [0.717, 1.165) is 6.07 Å². The number of nitrogens with zero attached hydrogens (tertiary/aromatic N) is 1. The van der Waals surface area contributed by atoms with Gasteiger partial charge in [0.05, 0.1) is 6.10 Å². The Morgan fingerprint density at radius 1 is 1.18 bits per heavy atom. The molecule has 1 aliphatic heterocycles. The van der Waals surface area contributed by atoms with E-state index in [2.05, 4.69) is 0 Å². The zero-order valence-electron chi connectivity index (χ0n) is 14.7. The monoisotopic (exact) mass is 393 g/mol. The van der Waals surface area contributed by atoms with Gasteiger partial charge in [0.25, 0.3) is 5.91 Å². The normalized spacial score (nSPS) is 23.5. The van der Waals surface area contributed by atoms with Crippen LogP contribution in [0.15, 0.2) is 42.5 Å². The fraction of sp³-hybridized carbons (Fsp3) is 0.350. The van der Waals surface area contributed by atoms with Gasteiger partial charge in [0.15, 0.2) is 6.61 Å². The highest BCUT2D eigenvalue weighted by atomic mass is 19.4. The minimum Gasteiger partial charge on any atom is -0.484 e. The highest BCUT2D eigenvalue weighted by molar-refractivity contribution is 5.81. The maximum Gasteiger partial charge on any atom is 0.425 e. The van der Waals surface area contributed by atoms with Crippen LogP contribution in [0.2, 0.25) is 0 Å². The van der Waals surface area contributed by atoms with Crippen molar-refractivity contribution in [3.8, 4) is 16.9 Å². The van der Waals surface area contributed by atoms with E-state index < -0.39 is 17.9 Å². The highest BCUT2D eigenvalue weighted by Crippen LogP contribution is 2.55. The molecule has 2 aromatic rings. The Morgan fingerprint density at radius 2 is 1.89 bits per heavy atom. The summed E-state index contributed by atoms with van der Waals surface area (Å²) in [5.74, 6) is -0.297. The number of carbonyl (C=O) groups is 1. The molecule has 2 aromatic carbocycles. The highest BCUT2D eigenvalue weighted by Gasteiger charge is 2.60. The third-order valence-corrected chi connectivity index (χ3v) is 5.28. The molecule has 2 atom stereocenters. The van der Waals surface area contributed by atoms with Crippen LogP contribution in [-0.4, -0.2) is 53.0 Å². The summed E-state index contributed by atoms with van der Waals surface area (Å²) in [6.45, 7) is 0.273. The van der Waals surface area contributed by atoms with Crippen LogP contribution < -0.4 is 4.74 Å². The molecule has 0 radical (unpaired) electrons. The Morgan fingerprint density at radius 3 is 2.57 bits per heavy atom. The molecule has 1 fully saturated rings. The van der Waals surface area contributed by atoms with Crippen LogP contribution in [0.5, 0.6) is 5.75 Å². The fourth-order valence-corrected chi connectivity index (χ4v) is 3.84. The number of aliphatic hydroxyl groups is 2. The number of carbonyl (C=O) groups excluding carboxylic acids is 1. The number of benzene rings is 2. The number of fused-ring (bicyclic) bond motifs is 3. The Bertz CT molecular complexity index is 930. The molecular formula is C20H18F3NO4. The van der Waals surface area contributed by atoms with Crippen molar-refractivity contribution in [1.29, 1.82) is 0 Å². The lowest BCUT2D eigenvalue weighted by Crippen LogP contribution is -2.41. The standard InChI is InChI=1S/C20H18F3NO4/c21-20(22,23)19(27)16-4-2-1-3-14(16)15-6-5-13(9-17(15)19)28-11-18(26)24-8-7-12(25)10-24/h1-6,9,12,25,27H,7-8,10-11H2/t12-,19?/m0/s1. The molecule has 5 nitrogen and oxygen atoms in total. The minimum absolute atomic E-state index is 0.0577. The quantitative estimate of drug-likeness (QED) is 0.841. The third kappa shape index (κ3) is 2.84. The molecule has 0 bridgehead atoms. The van der Waals surface area contributed by atoms with Crippen molar-refractivity contribution in [2.24, 2.45) is 0 Å². The number of alkyl halides is 3. The Labute approximate surface area is 159 Å². The van der Waals surface area contributed by atoms with Gasteiger partial charge in [0.1, 0.15) is 5.75 Å². The summed E-state index contributed by atoms with van der Waals surface area (Å²) >= 11 is 0. The lowest BCUT2D eigenvalue weighted by atomic mass is 9.91. The molecule has 0 saturated carbocycles. The fourth-order valence-electron chi connectivity index (χ4n) is 3.84. The molecule has 1 heterocycles. The lowest BCUT2D eigenvalue weighted by Gasteiger charge is -2.28. The number of hydrogen-bond acceptors (Lipinski definition) is 4. The predicted octanol–water partition coefficient (Wildman–Crippen LogP) is 2.44. The average molecular weight is 393 g/mol.